The van der Waals surface area contributed by atoms with E-state index in [-0.39, 0.29) is 11.8 Å². The van der Waals surface area contributed by atoms with Crippen molar-refractivity contribution in [1.29, 1.82) is 0 Å². The van der Waals surface area contributed by atoms with Crippen LogP contribution in [-0.4, -0.2) is 25.6 Å². The fourth-order valence-corrected chi connectivity index (χ4v) is 2.90. The van der Waals surface area contributed by atoms with Gasteiger partial charge in [-0.05, 0) is 60.4 Å². The molecular formula is C14H19BrN2O2. The fraction of sp³-hybridized carbons (Fsp3) is 0.500. The van der Waals surface area contributed by atoms with Crippen LogP contribution in [0.15, 0.2) is 22.7 Å². The molecule has 0 bridgehead atoms. The summed E-state index contributed by atoms with van der Waals surface area (Å²) in [5.74, 6) is 0.955. The molecule has 1 aromatic rings. The highest BCUT2D eigenvalue weighted by molar-refractivity contribution is 9.10. The van der Waals surface area contributed by atoms with Gasteiger partial charge in [0.1, 0.15) is 5.75 Å². The molecule has 1 aliphatic rings. The lowest BCUT2D eigenvalue weighted by molar-refractivity contribution is -0.120. The van der Waals surface area contributed by atoms with Crippen LogP contribution in [0.3, 0.4) is 0 Å². The number of ether oxygens (including phenoxy) is 1. The molecule has 1 aliphatic heterocycles. The Morgan fingerprint density at radius 2 is 2.32 bits per heavy atom. The molecular weight excluding hydrogens is 308 g/mol. The van der Waals surface area contributed by atoms with Gasteiger partial charge in [0.05, 0.1) is 11.6 Å². The number of hydrogen-bond donors (Lipinski definition) is 2. The van der Waals surface area contributed by atoms with Gasteiger partial charge in [0.2, 0.25) is 5.91 Å². The minimum atomic E-state index is 0.0946. The van der Waals surface area contributed by atoms with Gasteiger partial charge in [0, 0.05) is 17.6 Å². The van der Waals surface area contributed by atoms with Crippen molar-refractivity contribution in [3.63, 3.8) is 0 Å². The van der Waals surface area contributed by atoms with Gasteiger partial charge in [-0.25, -0.2) is 0 Å². The highest BCUT2D eigenvalue weighted by Gasteiger charge is 2.24. The van der Waals surface area contributed by atoms with E-state index < -0.39 is 0 Å². The lowest BCUT2D eigenvalue weighted by Crippen LogP contribution is -2.40. The van der Waals surface area contributed by atoms with Crippen LogP contribution in [0.4, 0.5) is 5.69 Å². The molecule has 19 heavy (non-hydrogen) atoms. The number of nitrogens with one attached hydrogen (secondary N) is 2. The monoisotopic (exact) mass is 326 g/mol. The Kier molecular flexibility index (Phi) is 4.82. The van der Waals surface area contributed by atoms with Crippen LogP contribution in [0, 0.1) is 5.92 Å². The average molecular weight is 327 g/mol. The lowest BCUT2D eigenvalue weighted by Gasteiger charge is -2.27. The van der Waals surface area contributed by atoms with Crippen LogP contribution in [0.25, 0.3) is 0 Å². The Labute approximate surface area is 122 Å². The van der Waals surface area contributed by atoms with Gasteiger partial charge < -0.3 is 15.4 Å². The predicted octanol–water partition coefficient (Wildman–Crippen LogP) is 2.78. The standard InChI is InChI=1S/C14H19BrN2O2/c1-9-7-10(5-6-16-9)14(18)17-11-3-4-13(19-2)12(15)8-11/h3-4,8-10,16H,5-7H2,1-2H3,(H,17,18). The average Bonchev–Trinajstić information content (AvgIpc) is 2.39. The van der Waals surface area contributed by atoms with Crippen molar-refractivity contribution in [1.82, 2.24) is 5.32 Å². The molecule has 2 unspecified atom stereocenters. The van der Waals surface area contributed by atoms with E-state index in [1.807, 2.05) is 18.2 Å². The second kappa shape index (κ2) is 6.39. The van der Waals surface area contributed by atoms with Gasteiger partial charge in [-0.2, -0.15) is 0 Å². The van der Waals surface area contributed by atoms with Crippen molar-refractivity contribution >= 4 is 27.5 Å². The molecule has 1 saturated heterocycles. The Morgan fingerprint density at radius 1 is 1.53 bits per heavy atom. The van der Waals surface area contributed by atoms with Crippen LogP contribution in [0.2, 0.25) is 0 Å². The van der Waals surface area contributed by atoms with E-state index in [2.05, 4.69) is 33.5 Å². The van der Waals surface area contributed by atoms with Gasteiger partial charge in [0.15, 0.2) is 0 Å². The molecule has 0 saturated carbocycles. The Balaban J connectivity index is 2.00. The largest absolute Gasteiger partial charge is 0.496 e. The van der Waals surface area contributed by atoms with E-state index in [1.54, 1.807) is 7.11 Å². The second-order valence-electron chi connectivity index (χ2n) is 4.92. The Bertz CT molecular complexity index is 465. The van der Waals surface area contributed by atoms with Gasteiger partial charge in [-0.3, -0.25) is 4.79 Å². The quantitative estimate of drug-likeness (QED) is 0.898. The third kappa shape index (κ3) is 3.70. The Hall–Kier alpha value is -1.07. The summed E-state index contributed by atoms with van der Waals surface area (Å²) in [7, 11) is 1.62. The highest BCUT2D eigenvalue weighted by atomic mass is 79.9. The summed E-state index contributed by atoms with van der Waals surface area (Å²) in [6.45, 7) is 3.02. The summed E-state index contributed by atoms with van der Waals surface area (Å²) in [4.78, 5) is 12.2. The van der Waals surface area contributed by atoms with Crippen molar-refractivity contribution in [3.05, 3.63) is 22.7 Å². The number of piperidine rings is 1. The third-order valence-corrected chi connectivity index (χ3v) is 4.03. The van der Waals surface area contributed by atoms with Gasteiger partial charge in [-0.15, -0.1) is 0 Å². The molecule has 0 aliphatic carbocycles. The van der Waals surface area contributed by atoms with Gasteiger partial charge in [0.25, 0.3) is 0 Å². The van der Waals surface area contributed by atoms with Crippen molar-refractivity contribution < 1.29 is 9.53 Å². The first kappa shape index (κ1) is 14.3. The van der Waals surface area contributed by atoms with E-state index in [9.17, 15) is 4.79 Å². The summed E-state index contributed by atoms with van der Waals surface area (Å²) in [5, 5.41) is 6.32. The SMILES string of the molecule is COc1ccc(NC(=O)C2CCNC(C)C2)cc1Br. The first-order valence-corrected chi connectivity index (χ1v) is 7.27. The second-order valence-corrected chi connectivity index (χ2v) is 5.77. The van der Waals surface area contributed by atoms with Crippen molar-refractivity contribution in [3.8, 4) is 5.75 Å². The van der Waals surface area contributed by atoms with E-state index >= 15 is 0 Å². The number of methoxy groups -OCH3 is 1. The number of anilines is 1. The molecule has 1 fully saturated rings. The maximum absolute atomic E-state index is 12.2. The molecule has 2 rings (SSSR count). The third-order valence-electron chi connectivity index (χ3n) is 3.41. The molecule has 0 radical (unpaired) electrons. The molecule has 4 nitrogen and oxygen atoms in total. The molecule has 5 heteroatoms. The van der Waals surface area contributed by atoms with E-state index in [0.29, 0.717) is 6.04 Å². The normalized spacial score (nSPS) is 22.9. The Morgan fingerprint density at radius 3 is 2.95 bits per heavy atom. The summed E-state index contributed by atoms with van der Waals surface area (Å²) in [6, 6.07) is 5.96. The molecule has 1 amide bonds. The fourth-order valence-electron chi connectivity index (χ4n) is 2.36. The van der Waals surface area contributed by atoms with Crippen LogP contribution in [-0.2, 0) is 4.79 Å². The summed E-state index contributed by atoms with van der Waals surface area (Å²) in [5.41, 5.74) is 0.795. The zero-order chi connectivity index (χ0) is 13.8. The molecule has 0 spiro atoms. The lowest BCUT2D eigenvalue weighted by atomic mass is 9.92. The molecule has 104 valence electrons. The zero-order valence-electron chi connectivity index (χ0n) is 11.2. The number of halogens is 1. The van der Waals surface area contributed by atoms with E-state index in [0.717, 1.165) is 35.3 Å². The van der Waals surface area contributed by atoms with Gasteiger partial charge in [-0.1, -0.05) is 0 Å². The van der Waals surface area contributed by atoms with E-state index in [4.69, 9.17) is 4.74 Å². The summed E-state index contributed by atoms with van der Waals surface area (Å²) in [6.07, 6.45) is 1.79. The minimum Gasteiger partial charge on any atom is -0.496 e. The number of hydrogen-bond acceptors (Lipinski definition) is 3. The molecule has 2 atom stereocenters. The van der Waals surface area contributed by atoms with Crippen molar-refractivity contribution in [2.75, 3.05) is 19.0 Å². The molecule has 1 heterocycles. The summed E-state index contributed by atoms with van der Waals surface area (Å²) >= 11 is 3.42. The van der Waals surface area contributed by atoms with Crippen molar-refractivity contribution in [2.45, 2.75) is 25.8 Å². The maximum Gasteiger partial charge on any atom is 0.227 e. The maximum atomic E-state index is 12.2. The first-order chi connectivity index (χ1) is 9.10. The van der Waals surface area contributed by atoms with Crippen LogP contribution < -0.4 is 15.4 Å². The first-order valence-electron chi connectivity index (χ1n) is 6.48. The predicted molar refractivity (Wildman–Crippen MR) is 79.5 cm³/mol. The number of benzene rings is 1. The number of carbonyl (C=O) groups is 1. The van der Waals surface area contributed by atoms with Gasteiger partial charge >= 0.3 is 0 Å². The number of rotatable bonds is 3. The smallest absolute Gasteiger partial charge is 0.227 e. The van der Waals surface area contributed by atoms with Crippen molar-refractivity contribution in [2.24, 2.45) is 5.92 Å². The summed E-state index contributed by atoms with van der Waals surface area (Å²) < 4.78 is 6.01. The molecule has 0 aromatic heterocycles. The topological polar surface area (TPSA) is 50.4 Å². The minimum absolute atomic E-state index is 0.0946. The zero-order valence-corrected chi connectivity index (χ0v) is 12.8. The number of carbonyl (C=O) groups excluding carboxylic acids is 1. The number of amides is 1. The van der Waals surface area contributed by atoms with E-state index in [1.165, 1.54) is 0 Å². The highest BCUT2D eigenvalue weighted by Crippen LogP contribution is 2.28. The van der Waals surface area contributed by atoms with Crippen LogP contribution in [0.5, 0.6) is 5.75 Å². The van der Waals surface area contributed by atoms with Crippen LogP contribution in [0.1, 0.15) is 19.8 Å². The van der Waals surface area contributed by atoms with Crippen LogP contribution >= 0.6 is 15.9 Å². The molecule has 2 N–H and O–H groups in total. The molecule has 1 aromatic carbocycles.